The second kappa shape index (κ2) is 5.41. The molecule has 1 rings (SSSR count). The number of benzene rings is 1. The summed E-state index contributed by atoms with van der Waals surface area (Å²) in [5.74, 6) is -0.850. The first-order valence-corrected chi connectivity index (χ1v) is 5.44. The highest BCUT2D eigenvalue weighted by atomic mass is 32.2. The molecule has 0 unspecified atom stereocenters. The zero-order valence-electron chi connectivity index (χ0n) is 7.97. The van der Waals surface area contributed by atoms with Gasteiger partial charge in [0, 0.05) is 11.3 Å². The van der Waals surface area contributed by atoms with Crippen molar-refractivity contribution in [3.05, 3.63) is 35.4 Å². The summed E-state index contributed by atoms with van der Waals surface area (Å²) in [5.41, 5.74) is 6.41. The summed E-state index contributed by atoms with van der Waals surface area (Å²) in [7, 11) is 0. The molecule has 0 aliphatic heterocycles. The Morgan fingerprint density at radius 1 is 1.33 bits per heavy atom. The molecule has 0 heterocycles. The van der Waals surface area contributed by atoms with Gasteiger partial charge in [0.05, 0.1) is 5.75 Å². The van der Waals surface area contributed by atoms with Gasteiger partial charge < -0.3 is 10.8 Å². The van der Waals surface area contributed by atoms with Gasteiger partial charge >= 0.3 is 5.97 Å². The Morgan fingerprint density at radius 2 is 2.00 bits per heavy atom. The summed E-state index contributed by atoms with van der Waals surface area (Å²) in [4.78, 5) is 21.3. The number of rotatable bonds is 5. The summed E-state index contributed by atoms with van der Waals surface area (Å²) in [6.07, 6.45) is 0. The maximum Gasteiger partial charge on any atom is 0.313 e. The van der Waals surface area contributed by atoms with Gasteiger partial charge in [0.15, 0.2) is 0 Å². The van der Waals surface area contributed by atoms with E-state index in [1.165, 1.54) is 11.8 Å². The minimum absolute atomic E-state index is 0.0209. The molecule has 0 bridgehead atoms. The van der Waals surface area contributed by atoms with E-state index < -0.39 is 11.9 Å². The molecule has 0 aliphatic carbocycles. The van der Waals surface area contributed by atoms with Gasteiger partial charge in [0.25, 0.3) is 0 Å². The smallest absolute Gasteiger partial charge is 0.313 e. The second-order valence-corrected chi connectivity index (χ2v) is 3.89. The van der Waals surface area contributed by atoms with E-state index in [9.17, 15) is 9.59 Å². The zero-order chi connectivity index (χ0) is 11.3. The molecular formula is C10H11NO3S. The molecule has 4 nitrogen and oxygen atoms in total. The van der Waals surface area contributed by atoms with Crippen LogP contribution < -0.4 is 5.73 Å². The molecule has 1 amide bonds. The molecule has 0 spiro atoms. The van der Waals surface area contributed by atoms with Gasteiger partial charge in [-0.05, 0) is 11.6 Å². The van der Waals surface area contributed by atoms with Crippen molar-refractivity contribution >= 4 is 23.6 Å². The molecule has 5 heteroatoms. The third kappa shape index (κ3) is 3.63. The highest BCUT2D eigenvalue weighted by Crippen LogP contribution is 2.15. The standard InChI is InChI=1S/C10H11NO3S/c11-10(14)8-4-2-1-3-7(8)5-15-6-9(12)13/h1-4H,5-6H2,(H2,11,14)(H,12,13). The van der Waals surface area contributed by atoms with Gasteiger partial charge in [-0.2, -0.15) is 0 Å². The minimum Gasteiger partial charge on any atom is -0.481 e. The van der Waals surface area contributed by atoms with Gasteiger partial charge in [-0.1, -0.05) is 18.2 Å². The van der Waals surface area contributed by atoms with Crippen LogP contribution >= 0.6 is 11.8 Å². The Morgan fingerprint density at radius 3 is 2.60 bits per heavy atom. The van der Waals surface area contributed by atoms with Crippen molar-refractivity contribution in [1.82, 2.24) is 0 Å². The van der Waals surface area contributed by atoms with Crippen molar-refractivity contribution in [1.29, 1.82) is 0 Å². The Kier molecular flexibility index (Phi) is 4.17. The summed E-state index contributed by atoms with van der Waals surface area (Å²) < 4.78 is 0. The van der Waals surface area contributed by atoms with E-state index in [-0.39, 0.29) is 5.75 Å². The largest absolute Gasteiger partial charge is 0.481 e. The lowest BCUT2D eigenvalue weighted by Crippen LogP contribution is -2.13. The fourth-order valence-corrected chi connectivity index (χ4v) is 1.88. The number of carboxylic acid groups (broad SMARTS) is 1. The molecule has 0 atom stereocenters. The van der Waals surface area contributed by atoms with Crippen molar-refractivity contribution in [2.45, 2.75) is 5.75 Å². The third-order valence-corrected chi connectivity index (χ3v) is 2.73. The van der Waals surface area contributed by atoms with Gasteiger partial charge in [-0.25, -0.2) is 0 Å². The third-order valence-electron chi connectivity index (χ3n) is 1.77. The summed E-state index contributed by atoms with van der Waals surface area (Å²) in [5, 5.41) is 8.46. The number of thioether (sulfide) groups is 1. The minimum atomic E-state index is -0.864. The first-order valence-electron chi connectivity index (χ1n) is 4.28. The SMILES string of the molecule is NC(=O)c1ccccc1CSCC(=O)O. The van der Waals surface area contributed by atoms with Crippen molar-refractivity contribution in [3.63, 3.8) is 0 Å². The summed E-state index contributed by atoms with van der Waals surface area (Å²) in [6, 6.07) is 6.93. The highest BCUT2D eigenvalue weighted by Gasteiger charge is 2.07. The molecule has 0 fully saturated rings. The van der Waals surface area contributed by atoms with Gasteiger partial charge in [-0.3, -0.25) is 9.59 Å². The van der Waals surface area contributed by atoms with Crippen molar-refractivity contribution < 1.29 is 14.7 Å². The molecule has 1 aromatic carbocycles. The number of hydrogen-bond acceptors (Lipinski definition) is 3. The first kappa shape index (κ1) is 11.6. The predicted molar refractivity (Wildman–Crippen MR) is 58.8 cm³/mol. The number of amides is 1. The number of aliphatic carboxylic acids is 1. The molecule has 0 saturated heterocycles. The summed E-state index contributed by atoms with van der Waals surface area (Å²) in [6.45, 7) is 0. The maximum absolute atomic E-state index is 11.0. The van der Waals surface area contributed by atoms with Crippen LogP contribution in [0.4, 0.5) is 0 Å². The van der Waals surface area contributed by atoms with E-state index in [0.717, 1.165) is 5.56 Å². The number of primary amides is 1. The molecule has 80 valence electrons. The molecule has 0 aliphatic rings. The molecule has 3 N–H and O–H groups in total. The van der Waals surface area contributed by atoms with E-state index >= 15 is 0 Å². The Labute approximate surface area is 91.5 Å². The molecule has 15 heavy (non-hydrogen) atoms. The van der Waals surface area contributed by atoms with E-state index in [1.807, 2.05) is 0 Å². The van der Waals surface area contributed by atoms with Gasteiger partial charge in [0.2, 0.25) is 5.91 Å². The van der Waals surface area contributed by atoms with E-state index in [1.54, 1.807) is 24.3 Å². The number of carbonyl (C=O) groups is 2. The lowest BCUT2D eigenvalue weighted by Gasteiger charge is -2.04. The van der Waals surface area contributed by atoms with Gasteiger partial charge in [0.1, 0.15) is 0 Å². The van der Waals surface area contributed by atoms with E-state index in [2.05, 4.69) is 0 Å². The van der Waals surface area contributed by atoms with Crippen LogP contribution in [-0.4, -0.2) is 22.7 Å². The number of hydrogen-bond donors (Lipinski definition) is 2. The quantitative estimate of drug-likeness (QED) is 0.786. The number of carboxylic acids is 1. The van der Waals surface area contributed by atoms with Crippen LogP contribution in [0.25, 0.3) is 0 Å². The van der Waals surface area contributed by atoms with Crippen LogP contribution in [0.3, 0.4) is 0 Å². The van der Waals surface area contributed by atoms with Crippen molar-refractivity contribution in [2.75, 3.05) is 5.75 Å². The topological polar surface area (TPSA) is 80.4 Å². The monoisotopic (exact) mass is 225 g/mol. The predicted octanol–water partition coefficient (Wildman–Crippen LogP) is 1.10. The molecule has 1 aromatic rings. The average molecular weight is 225 g/mol. The molecule has 0 saturated carbocycles. The van der Waals surface area contributed by atoms with Crippen molar-refractivity contribution in [3.8, 4) is 0 Å². The first-order chi connectivity index (χ1) is 7.11. The van der Waals surface area contributed by atoms with Crippen LogP contribution in [-0.2, 0) is 10.5 Å². The molecule has 0 radical (unpaired) electrons. The summed E-state index contributed by atoms with van der Waals surface area (Å²) >= 11 is 1.24. The molecular weight excluding hydrogens is 214 g/mol. The maximum atomic E-state index is 11.0. The Balaban J connectivity index is 2.67. The average Bonchev–Trinajstić information content (AvgIpc) is 2.17. The van der Waals surface area contributed by atoms with E-state index in [0.29, 0.717) is 11.3 Å². The van der Waals surface area contributed by atoms with Crippen LogP contribution in [0, 0.1) is 0 Å². The fourth-order valence-electron chi connectivity index (χ4n) is 1.13. The van der Waals surface area contributed by atoms with Crippen LogP contribution in [0.2, 0.25) is 0 Å². The lowest BCUT2D eigenvalue weighted by atomic mass is 10.1. The number of carbonyl (C=O) groups excluding carboxylic acids is 1. The normalized spacial score (nSPS) is 9.87. The fraction of sp³-hybridized carbons (Fsp3) is 0.200. The van der Waals surface area contributed by atoms with Gasteiger partial charge in [-0.15, -0.1) is 11.8 Å². The van der Waals surface area contributed by atoms with Crippen LogP contribution in [0.1, 0.15) is 15.9 Å². The Bertz CT molecular complexity index is 379. The zero-order valence-corrected chi connectivity index (χ0v) is 8.79. The lowest BCUT2D eigenvalue weighted by molar-refractivity contribution is -0.133. The second-order valence-electron chi connectivity index (χ2n) is 2.91. The van der Waals surface area contributed by atoms with Crippen molar-refractivity contribution in [2.24, 2.45) is 5.73 Å². The number of nitrogens with two attached hydrogens (primary N) is 1. The Hall–Kier alpha value is -1.49. The van der Waals surface area contributed by atoms with Crippen LogP contribution in [0.5, 0.6) is 0 Å². The van der Waals surface area contributed by atoms with E-state index in [4.69, 9.17) is 10.8 Å². The highest BCUT2D eigenvalue weighted by molar-refractivity contribution is 7.99. The molecule has 0 aromatic heterocycles. The van der Waals surface area contributed by atoms with Crippen LogP contribution in [0.15, 0.2) is 24.3 Å².